The quantitative estimate of drug-likeness (QED) is 0.555. The van der Waals surface area contributed by atoms with Crippen LogP contribution in [-0.2, 0) is 14.4 Å². The Morgan fingerprint density at radius 1 is 1.20 bits per heavy atom. The fraction of sp³-hybridized carbons (Fsp3) is 0.636. The highest BCUT2D eigenvalue weighted by Gasteiger charge is 2.22. The summed E-state index contributed by atoms with van der Waals surface area (Å²) < 4.78 is 0. The Labute approximate surface area is 115 Å². The van der Waals surface area contributed by atoms with Gasteiger partial charge in [0.05, 0.1) is 6.54 Å². The molecular formula is C11H18N4O5. The van der Waals surface area contributed by atoms with Gasteiger partial charge in [0, 0.05) is 20.1 Å². The minimum Gasteiger partial charge on any atom is -0.480 e. The molecule has 1 aliphatic heterocycles. The zero-order chi connectivity index (χ0) is 15.1. The van der Waals surface area contributed by atoms with Gasteiger partial charge in [0.25, 0.3) is 0 Å². The molecule has 1 heterocycles. The lowest BCUT2D eigenvalue weighted by molar-refractivity contribution is -0.137. The Hall–Kier alpha value is -2.32. The average molecular weight is 286 g/mol. The predicted molar refractivity (Wildman–Crippen MR) is 67.9 cm³/mol. The molecule has 1 saturated heterocycles. The van der Waals surface area contributed by atoms with Crippen molar-refractivity contribution in [2.75, 3.05) is 39.8 Å². The zero-order valence-electron chi connectivity index (χ0n) is 11.2. The van der Waals surface area contributed by atoms with Gasteiger partial charge < -0.3 is 25.5 Å². The molecule has 1 aliphatic rings. The third-order valence-electron chi connectivity index (χ3n) is 2.80. The molecule has 0 bridgehead atoms. The SMILES string of the molecule is CN1CCCN(C(=O)NCC(=O)NCC(=O)O)CC1=O. The number of aliphatic carboxylic acids is 1. The number of nitrogens with one attached hydrogen (secondary N) is 2. The van der Waals surface area contributed by atoms with Crippen molar-refractivity contribution in [3.05, 3.63) is 0 Å². The van der Waals surface area contributed by atoms with Gasteiger partial charge in [0.2, 0.25) is 11.8 Å². The molecule has 1 rings (SSSR count). The first-order valence-corrected chi connectivity index (χ1v) is 6.15. The Morgan fingerprint density at radius 2 is 1.90 bits per heavy atom. The molecule has 4 amide bonds. The third kappa shape index (κ3) is 5.12. The number of carbonyl (C=O) groups is 4. The van der Waals surface area contributed by atoms with Crippen molar-refractivity contribution in [3.63, 3.8) is 0 Å². The Kier molecular flexibility index (Phi) is 5.75. The maximum Gasteiger partial charge on any atom is 0.322 e. The molecule has 9 heteroatoms. The van der Waals surface area contributed by atoms with Crippen LogP contribution in [0.4, 0.5) is 4.79 Å². The van der Waals surface area contributed by atoms with E-state index in [9.17, 15) is 19.2 Å². The smallest absolute Gasteiger partial charge is 0.322 e. The number of urea groups is 1. The number of carboxylic acids is 1. The van der Waals surface area contributed by atoms with E-state index in [4.69, 9.17) is 5.11 Å². The molecule has 3 N–H and O–H groups in total. The van der Waals surface area contributed by atoms with Crippen molar-refractivity contribution in [2.45, 2.75) is 6.42 Å². The van der Waals surface area contributed by atoms with Gasteiger partial charge in [0.15, 0.2) is 0 Å². The van der Waals surface area contributed by atoms with Gasteiger partial charge in [-0.2, -0.15) is 0 Å². The fourth-order valence-corrected chi connectivity index (χ4v) is 1.66. The van der Waals surface area contributed by atoms with Crippen LogP contribution in [0.5, 0.6) is 0 Å². The van der Waals surface area contributed by atoms with Crippen LogP contribution in [0, 0.1) is 0 Å². The standard InChI is InChI=1S/C11H18N4O5/c1-14-3-2-4-15(7-9(14)17)11(20)13-5-8(16)12-6-10(18)19/h2-7H2,1H3,(H,12,16)(H,13,20)(H,18,19). The number of carboxylic acid groups (broad SMARTS) is 1. The van der Waals surface area contributed by atoms with Crippen LogP contribution in [0.3, 0.4) is 0 Å². The largest absolute Gasteiger partial charge is 0.480 e. The van der Waals surface area contributed by atoms with E-state index in [-0.39, 0.29) is 19.0 Å². The summed E-state index contributed by atoms with van der Waals surface area (Å²) >= 11 is 0. The number of amides is 4. The van der Waals surface area contributed by atoms with Gasteiger partial charge in [-0.1, -0.05) is 0 Å². The summed E-state index contributed by atoms with van der Waals surface area (Å²) in [4.78, 5) is 47.8. The molecule has 0 aromatic rings. The van der Waals surface area contributed by atoms with E-state index in [1.54, 1.807) is 11.9 Å². The molecular weight excluding hydrogens is 268 g/mol. The maximum absolute atomic E-state index is 11.8. The topological polar surface area (TPSA) is 119 Å². The van der Waals surface area contributed by atoms with Crippen LogP contribution >= 0.6 is 0 Å². The van der Waals surface area contributed by atoms with Gasteiger partial charge in [-0.05, 0) is 6.42 Å². The van der Waals surface area contributed by atoms with Gasteiger partial charge in [-0.25, -0.2) is 4.79 Å². The van der Waals surface area contributed by atoms with E-state index in [0.29, 0.717) is 19.5 Å². The van der Waals surface area contributed by atoms with Crippen LogP contribution in [0.15, 0.2) is 0 Å². The number of hydrogen-bond acceptors (Lipinski definition) is 4. The van der Waals surface area contributed by atoms with E-state index in [0.717, 1.165) is 0 Å². The summed E-state index contributed by atoms with van der Waals surface area (Å²) in [6.07, 6.45) is 0.668. The molecule has 0 aliphatic carbocycles. The second-order valence-electron chi connectivity index (χ2n) is 4.42. The van der Waals surface area contributed by atoms with E-state index in [2.05, 4.69) is 10.6 Å². The van der Waals surface area contributed by atoms with E-state index in [1.807, 2.05) is 0 Å². The van der Waals surface area contributed by atoms with Gasteiger partial charge in [-0.3, -0.25) is 14.4 Å². The van der Waals surface area contributed by atoms with Crippen molar-refractivity contribution >= 4 is 23.8 Å². The molecule has 0 atom stereocenters. The molecule has 0 spiro atoms. The van der Waals surface area contributed by atoms with Crippen molar-refractivity contribution in [1.82, 2.24) is 20.4 Å². The highest BCUT2D eigenvalue weighted by Crippen LogP contribution is 2.02. The summed E-state index contributed by atoms with van der Waals surface area (Å²) in [5.74, 6) is -1.92. The van der Waals surface area contributed by atoms with Gasteiger partial charge >= 0.3 is 12.0 Å². The number of rotatable bonds is 4. The number of likely N-dealkylation sites (N-methyl/N-ethyl adjacent to an activating group) is 1. The first-order chi connectivity index (χ1) is 9.40. The lowest BCUT2D eigenvalue weighted by atomic mass is 10.4. The summed E-state index contributed by atoms with van der Waals surface area (Å²) in [6, 6.07) is -0.515. The van der Waals surface area contributed by atoms with Crippen molar-refractivity contribution in [2.24, 2.45) is 0 Å². The molecule has 0 aromatic heterocycles. The summed E-state index contributed by atoms with van der Waals surface area (Å²) in [5.41, 5.74) is 0. The Bertz CT molecular complexity index is 412. The molecule has 0 saturated carbocycles. The van der Waals surface area contributed by atoms with E-state index in [1.165, 1.54) is 4.90 Å². The fourth-order valence-electron chi connectivity index (χ4n) is 1.66. The maximum atomic E-state index is 11.8. The highest BCUT2D eigenvalue weighted by molar-refractivity contribution is 5.88. The van der Waals surface area contributed by atoms with Gasteiger partial charge in [0.1, 0.15) is 13.1 Å². The molecule has 20 heavy (non-hydrogen) atoms. The van der Waals surface area contributed by atoms with Crippen LogP contribution < -0.4 is 10.6 Å². The van der Waals surface area contributed by atoms with Crippen LogP contribution in [0.2, 0.25) is 0 Å². The van der Waals surface area contributed by atoms with Crippen molar-refractivity contribution in [3.8, 4) is 0 Å². The van der Waals surface area contributed by atoms with Crippen molar-refractivity contribution in [1.29, 1.82) is 0 Å². The molecule has 112 valence electrons. The Morgan fingerprint density at radius 3 is 2.55 bits per heavy atom. The van der Waals surface area contributed by atoms with E-state index >= 15 is 0 Å². The lowest BCUT2D eigenvalue weighted by Crippen LogP contribution is -2.47. The minimum atomic E-state index is -1.16. The molecule has 9 nitrogen and oxygen atoms in total. The predicted octanol–water partition coefficient (Wildman–Crippen LogP) is -1.94. The molecule has 1 fully saturated rings. The number of carbonyl (C=O) groups excluding carboxylic acids is 3. The lowest BCUT2D eigenvalue weighted by Gasteiger charge is -2.20. The molecule has 0 radical (unpaired) electrons. The van der Waals surface area contributed by atoms with Crippen LogP contribution in [-0.4, -0.2) is 78.5 Å². The second kappa shape index (κ2) is 7.31. The number of nitrogens with zero attached hydrogens (tertiary/aromatic N) is 2. The molecule has 0 aromatic carbocycles. The van der Waals surface area contributed by atoms with E-state index < -0.39 is 24.5 Å². The highest BCUT2D eigenvalue weighted by atomic mass is 16.4. The normalized spacial score (nSPS) is 15.6. The second-order valence-corrected chi connectivity index (χ2v) is 4.42. The average Bonchev–Trinajstić information content (AvgIpc) is 2.56. The first kappa shape index (κ1) is 15.7. The summed E-state index contributed by atoms with van der Waals surface area (Å²) in [5, 5.41) is 12.8. The van der Waals surface area contributed by atoms with Crippen LogP contribution in [0.25, 0.3) is 0 Å². The summed E-state index contributed by atoms with van der Waals surface area (Å²) in [6.45, 7) is 0.161. The third-order valence-corrected chi connectivity index (χ3v) is 2.80. The zero-order valence-corrected chi connectivity index (χ0v) is 11.2. The van der Waals surface area contributed by atoms with Crippen LogP contribution in [0.1, 0.15) is 6.42 Å². The number of hydrogen-bond donors (Lipinski definition) is 3. The Balaban J connectivity index is 2.36. The first-order valence-electron chi connectivity index (χ1n) is 6.15. The molecule has 0 unspecified atom stereocenters. The van der Waals surface area contributed by atoms with Crippen molar-refractivity contribution < 1.29 is 24.3 Å². The summed E-state index contributed by atoms with van der Waals surface area (Å²) in [7, 11) is 1.67. The monoisotopic (exact) mass is 286 g/mol. The minimum absolute atomic E-state index is 0.0287. The van der Waals surface area contributed by atoms with Gasteiger partial charge in [-0.15, -0.1) is 0 Å².